The molecule has 3 aromatic carbocycles. The lowest BCUT2D eigenvalue weighted by atomic mass is 10.1. The molecule has 0 amide bonds. The lowest BCUT2D eigenvalue weighted by Gasteiger charge is -2.09. The minimum absolute atomic E-state index is 0.125. The van der Waals surface area contributed by atoms with Crippen LogP contribution in [0.2, 0.25) is 5.02 Å². The molecule has 5 heteroatoms. The molecule has 4 rings (SSSR count). The Morgan fingerprint density at radius 1 is 1.00 bits per heavy atom. The summed E-state index contributed by atoms with van der Waals surface area (Å²) >= 11 is 7.64. The van der Waals surface area contributed by atoms with E-state index < -0.39 is 0 Å². The van der Waals surface area contributed by atoms with Crippen LogP contribution in [0.5, 0.6) is 5.75 Å². The van der Waals surface area contributed by atoms with Crippen LogP contribution in [-0.4, -0.2) is 5.78 Å². The van der Waals surface area contributed by atoms with E-state index in [1.54, 1.807) is 24.3 Å². The van der Waals surface area contributed by atoms with Crippen LogP contribution in [0.4, 0.5) is 0 Å². The zero-order valence-electron chi connectivity index (χ0n) is 14.7. The van der Waals surface area contributed by atoms with E-state index in [-0.39, 0.29) is 12.4 Å². The monoisotopic (exact) mass is 403 g/mol. The van der Waals surface area contributed by atoms with Crippen LogP contribution in [0.1, 0.15) is 26.4 Å². The SMILES string of the molecule is N#Cc1ccc(C(=O)c2sc3ccccc3c2OCc2ccccc2Cl)cc1. The molecule has 136 valence electrons. The normalized spacial score (nSPS) is 10.6. The molecule has 0 fully saturated rings. The van der Waals surface area contributed by atoms with Crippen molar-refractivity contribution >= 4 is 38.8 Å². The van der Waals surface area contributed by atoms with E-state index in [0.29, 0.717) is 26.8 Å². The zero-order chi connectivity index (χ0) is 19.5. The molecule has 1 aromatic heterocycles. The van der Waals surface area contributed by atoms with Gasteiger partial charge in [-0.1, -0.05) is 41.9 Å². The van der Waals surface area contributed by atoms with Gasteiger partial charge in [0.2, 0.25) is 5.78 Å². The van der Waals surface area contributed by atoms with E-state index in [4.69, 9.17) is 21.6 Å². The van der Waals surface area contributed by atoms with Gasteiger partial charge in [-0.3, -0.25) is 4.79 Å². The zero-order valence-corrected chi connectivity index (χ0v) is 16.3. The van der Waals surface area contributed by atoms with Crippen LogP contribution in [0, 0.1) is 11.3 Å². The second-order valence-corrected chi connectivity index (χ2v) is 7.61. The van der Waals surface area contributed by atoms with Crippen molar-refractivity contribution < 1.29 is 9.53 Å². The molecule has 0 bridgehead atoms. The van der Waals surface area contributed by atoms with E-state index in [0.717, 1.165) is 15.6 Å². The first-order valence-electron chi connectivity index (χ1n) is 8.60. The Hall–Kier alpha value is -3.13. The van der Waals surface area contributed by atoms with Crippen molar-refractivity contribution in [3.8, 4) is 11.8 Å². The van der Waals surface area contributed by atoms with Gasteiger partial charge in [0.05, 0.1) is 11.6 Å². The number of nitrogens with zero attached hydrogens (tertiary/aromatic N) is 1. The summed E-state index contributed by atoms with van der Waals surface area (Å²) in [5.41, 5.74) is 1.90. The average molecular weight is 404 g/mol. The van der Waals surface area contributed by atoms with Gasteiger partial charge in [-0.15, -0.1) is 11.3 Å². The summed E-state index contributed by atoms with van der Waals surface area (Å²) < 4.78 is 7.08. The number of fused-ring (bicyclic) bond motifs is 1. The molecule has 0 aliphatic heterocycles. The Labute approximate surface area is 171 Å². The fraction of sp³-hybridized carbons (Fsp3) is 0.0435. The van der Waals surface area contributed by atoms with Crippen molar-refractivity contribution in [2.75, 3.05) is 0 Å². The van der Waals surface area contributed by atoms with E-state index >= 15 is 0 Å². The number of halogens is 1. The van der Waals surface area contributed by atoms with Crippen molar-refractivity contribution in [1.82, 2.24) is 0 Å². The van der Waals surface area contributed by atoms with Crippen LogP contribution in [0.15, 0.2) is 72.8 Å². The smallest absolute Gasteiger partial charge is 0.206 e. The predicted molar refractivity (Wildman–Crippen MR) is 112 cm³/mol. The maximum Gasteiger partial charge on any atom is 0.206 e. The number of benzene rings is 3. The Morgan fingerprint density at radius 2 is 1.71 bits per heavy atom. The molecule has 0 radical (unpaired) electrons. The van der Waals surface area contributed by atoms with Gasteiger partial charge in [-0.25, -0.2) is 0 Å². The largest absolute Gasteiger partial charge is 0.487 e. The van der Waals surface area contributed by atoms with Gasteiger partial charge in [0, 0.05) is 26.2 Å². The maximum atomic E-state index is 13.1. The second kappa shape index (κ2) is 7.85. The molecule has 1 heterocycles. The summed E-state index contributed by atoms with van der Waals surface area (Å²) in [6.45, 7) is 0.272. The molecule has 0 aliphatic carbocycles. The molecule has 4 aromatic rings. The van der Waals surface area contributed by atoms with Gasteiger partial charge in [0.1, 0.15) is 17.2 Å². The van der Waals surface area contributed by atoms with E-state index in [1.807, 2.05) is 48.5 Å². The highest BCUT2D eigenvalue weighted by molar-refractivity contribution is 7.21. The molecule has 28 heavy (non-hydrogen) atoms. The van der Waals surface area contributed by atoms with E-state index in [1.165, 1.54) is 11.3 Å². The van der Waals surface area contributed by atoms with Crippen molar-refractivity contribution in [1.29, 1.82) is 5.26 Å². The highest BCUT2D eigenvalue weighted by atomic mass is 35.5. The fourth-order valence-electron chi connectivity index (χ4n) is 2.91. The van der Waals surface area contributed by atoms with Crippen LogP contribution in [0.25, 0.3) is 10.1 Å². The van der Waals surface area contributed by atoms with Crippen molar-refractivity contribution in [3.05, 3.63) is 99.4 Å². The average Bonchev–Trinajstić information content (AvgIpc) is 3.11. The van der Waals surface area contributed by atoms with Crippen molar-refractivity contribution in [3.63, 3.8) is 0 Å². The number of ether oxygens (including phenoxy) is 1. The summed E-state index contributed by atoms with van der Waals surface area (Å²) in [5, 5.41) is 10.5. The highest BCUT2D eigenvalue weighted by Crippen LogP contribution is 2.39. The predicted octanol–water partition coefficient (Wildman–Crippen LogP) is 6.24. The maximum absolute atomic E-state index is 13.1. The summed E-state index contributed by atoms with van der Waals surface area (Å²) in [7, 11) is 0. The van der Waals surface area contributed by atoms with Crippen LogP contribution in [0.3, 0.4) is 0 Å². The minimum atomic E-state index is -0.125. The van der Waals surface area contributed by atoms with Gasteiger partial charge >= 0.3 is 0 Å². The summed E-state index contributed by atoms with van der Waals surface area (Å²) in [4.78, 5) is 13.7. The summed E-state index contributed by atoms with van der Waals surface area (Å²) in [6, 6.07) is 24.0. The number of nitriles is 1. The third-order valence-electron chi connectivity index (χ3n) is 4.36. The number of ketones is 1. The van der Waals surface area contributed by atoms with E-state index in [9.17, 15) is 4.79 Å². The first-order chi connectivity index (χ1) is 13.7. The lowest BCUT2D eigenvalue weighted by molar-refractivity contribution is 0.103. The van der Waals surface area contributed by atoms with Gasteiger partial charge in [-0.05, 0) is 42.5 Å². The number of carbonyl (C=O) groups excluding carboxylic acids is 1. The number of rotatable bonds is 5. The lowest BCUT2D eigenvalue weighted by Crippen LogP contribution is -2.03. The van der Waals surface area contributed by atoms with E-state index in [2.05, 4.69) is 6.07 Å². The van der Waals surface area contributed by atoms with Gasteiger partial charge in [-0.2, -0.15) is 5.26 Å². The Kier molecular flexibility index (Phi) is 5.12. The molecule has 0 N–H and O–H groups in total. The highest BCUT2D eigenvalue weighted by Gasteiger charge is 2.21. The van der Waals surface area contributed by atoms with Gasteiger partial charge < -0.3 is 4.74 Å². The number of thiophene rings is 1. The second-order valence-electron chi connectivity index (χ2n) is 6.15. The molecular weight excluding hydrogens is 390 g/mol. The molecule has 0 saturated carbocycles. The summed E-state index contributed by atoms with van der Waals surface area (Å²) in [5.74, 6) is 0.440. The van der Waals surface area contributed by atoms with Gasteiger partial charge in [0.25, 0.3) is 0 Å². The fourth-order valence-corrected chi connectivity index (χ4v) is 4.21. The van der Waals surface area contributed by atoms with Gasteiger partial charge in [0.15, 0.2) is 0 Å². The Balaban J connectivity index is 1.73. The standard InChI is InChI=1S/C23H14ClNO2S/c24-19-7-3-1-5-17(19)14-27-22-18-6-2-4-8-20(18)28-23(22)21(26)16-11-9-15(13-25)10-12-16/h1-12H,14H2. The van der Waals surface area contributed by atoms with Crippen LogP contribution in [-0.2, 0) is 6.61 Å². The minimum Gasteiger partial charge on any atom is -0.487 e. The summed E-state index contributed by atoms with van der Waals surface area (Å²) in [6.07, 6.45) is 0. The quantitative estimate of drug-likeness (QED) is 0.371. The van der Waals surface area contributed by atoms with Crippen LogP contribution >= 0.6 is 22.9 Å². The Morgan fingerprint density at radius 3 is 2.46 bits per heavy atom. The molecular formula is C23H14ClNO2S. The molecule has 0 aliphatic rings. The molecule has 0 spiro atoms. The first-order valence-corrected chi connectivity index (χ1v) is 9.79. The molecule has 0 saturated heterocycles. The third kappa shape index (κ3) is 3.50. The number of hydrogen-bond acceptors (Lipinski definition) is 4. The van der Waals surface area contributed by atoms with Crippen molar-refractivity contribution in [2.45, 2.75) is 6.61 Å². The molecule has 3 nitrogen and oxygen atoms in total. The topological polar surface area (TPSA) is 50.1 Å². The first kappa shape index (κ1) is 18.2. The van der Waals surface area contributed by atoms with Crippen molar-refractivity contribution in [2.24, 2.45) is 0 Å². The number of hydrogen-bond donors (Lipinski definition) is 0. The molecule has 0 atom stereocenters. The molecule has 0 unspecified atom stereocenters. The Bertz CT molecular complexity index is 1210. The number of carbonyl (C=O) groups is 1. The van der Waals surface area contributed by atoms with Crippen LogP contribution < -0.4 is 4.74 Å². The third-order valence-corrected chi connectivity index (χ3v) is 5.88.